The van der Waals surface area contributed by atoms with Gasteiger partial charge in [-0.3, -0.25) is 10.1 Å². The van der Waals surface area contributed by atoms with Crippen LogP contribution < -0.4 is 5.73 Å². The van der Waals surface area contributed by atoms with Crippen molar-refractivity contribution in [3.63, 3.8) is 0 Å². The van der Waals surface area contributed by atoms with Gasteiger partial charge in [0.25, 0.3) is 5.69 Å². The minimum Gasteiger partial charge on any atom is -0.327 e. The van der Waals surface area contributed by atoms with Crippen LogP contribution in [0.25, 0.3) is 11.4 Å². The van der Waals surface area contributed by atoms with Crippen molar-refractivity contribution in [3.05, 3.63) is 82.2 Å². The molecule has 0 unspecified atom stereocenters. The van der Waals surface area contributed by atoms with Crippen LogP contribution in [0.5, 0.6) is 0 Å². The van der Waals surface area contributed by atoms with E-state index in [-0.39, 0.29) is 5.69 Å². The number of nitro groups is 1. The Morgan fingerprint density at radius 3 is 2.57 bits per heavy atom. The third kappa shape index (κ3) is 3.27. The van der Waals surface area contributed by atoms with Gasteiger partial charge < -0.3 is 10.3 Å². The maximum absolute atomic E-state index is 10.7. The number of nitrogens with zero attached hydrogens (tertiary/aromatic N) is 3. The Morgan fingerprint density at radius 1 is 1.13 bits per heavy atom. The third-order valence-electron chi connectivity index (χ3n) is 3.63. The zero-order valence-electron chi connectivity index (χ0n) is 12.4. The van der Waals surface area contributed by atoms with E-state index in [0.717, 1.165) is 22.5 Å². The Labute approximate surface area is 133 Å². The molecule has 2 aromatic carbocycles. The molecule has 0 saturated heterocycles. The van der Waals surface area contributed by atoms with Crippen molar-refractivity contribution in [1.29, 1.82) is 0 Å². The summed E-state index contributed by atoms with van der Waals surface area (Å²) in [5.74, 6) is 0.776. The van der Waals surface area contributed by atoms with Gasteiger partial charge in [-0.05, 0) is 23.3 Å². The number of non-ortho nitro benzene ring substituents is 1. The van der Waals surface area contributed by atoms with Crippen molar-refractivity contribution in [1.82, 2.24) is 9.55 Å². The molecule has 116 valence electrons. The molecule has 0 amide bonds. The largest absolute Gasteiger partial charge is 0.327 e. The number of rotatable bonds is 5. The fraction of sp³-hybridized carbons (Fsp3) is 0.118. The maximum Gasteiger partial charge on any atom is 0.269 e. The molecule has 0 fully saturated rings. The van der Waals surface area contributed by atoms with Crippen molar-refractivity contribution < 1.29 is 4.92 Å². The van der Waals surface area contributed by atoms with E-state index < -0.39 is 4.92 Å². The van der Waals surface area contributed by atoms with Gasteiger partial charge in [0, 0.05) is 43.2 Å². The van der Waals surface area contributed by atoms with Gasteiger partial charge in [0.1, 0.15) is 5.82 Å². The summed E-state index contributed by atoms with van der Waals surface area (Å²) in [5, 5.41) is 10.7. The van der Waals surface area contributed by atoms with Crippen LogP contribution in [0, 0.1) is 10.1 Å². The average molecular weight is 308 g/mol. The first-order valence-corrected chi connectivity index (χ1v) is 7.21. The molecule has 3 rings (SSSR count). The van der Waals surface area contributed by atoms with Gasteiger partial charge >= 0.3 is 0 Å². The molecule has 0 aliphatic heterocycles. The summed E-state index contributed by atoms with van der Waals surface area (Å²) >= 11 is 0. The molecule has 2 N–H and O–H groups in total. The fourth-order valence-corrected chi connectivity index (χ4v) is 2.48. The van der Waals surface area contributed by atoms with E-state index in [1.165, 1.54) is 12.1 Å². The smallest absolute Gasteiger partial charge is 0.269 e. The second-order valence-corrected chi connectivity index (χ2v) is 5.21. The predicted molar refractivity (Wildman–Crippen MR) is 87.8 cm³/mol. The zero-order chi connectivity index (χ0) is 16.2. The molecule has 0 radical (unpaired) electrons. The molecule has 0 bridgehead atoms. The van der Waals surface area contributed by atoms with Crippen molar-refractivity contribution >= 4 is 5.69 Å². The molecule has 6 heteroatoms. The standard InChI is InChI=1S/C17H16N4O2/c18-11-13-2-1-3-14(10-13)12-20-9-8-19-17(20)15-4-6-16(7-5-15)21(22)23/h1-10H,11-12,18H2. The first kappa shape index (κ1) is 14.9. The summed E-state index contributed by atoms with van der Waals surface area (Å²) in [6, 6.07) is 14.5. The highest BCUT2D eigenvalue weighted by Gasteiger charge is 2.09. The SMILES string of the molecule is NCc1cccc(Cn2ccnc2-c2ccc([N+](=O)[O-])cc2)c1. The van der Waals surface area contributed by atoms with Gasteiger partial charge in [0.2, 0.25) is 0 Å². The van der Waals surface area contributed by atoms with E-state index >= 15 is 0 Å². The number of nitro benzene ring substituents is 1. The third-order valence-corrected chi connectivity index (χ3v) is 3.63. The lowest BCUT2D eigenvalue weighted by atomic mass is 10.1. The molecular weight excluding hydrogens is 292 g/mol. The van der Waals surface area contributed by atoms with Gasteiger partial charge in [-0.25, -0.2) is 4.98 Å². The van der Waals surface area contributed by atoms with Crippen LogP contribution in [0.2, 0.25) is 0 Å². The lowest BCUT2D eigenvalue weighted by Gasteiger charge is -2.09. The first-order chi connectivity index (χ1) is 11.2. The lowest BCUT2D eigenvalue weighted by molar-refractivity contribution is -0.384. The zero-order valence-corrected chi connectivity index (χ0v) is 12.4. The number of hydrogen-bond acceptors (Lipinski definition) is 4. The Kier molecular flexibility index (Phi) is 4.16. The van der Waals surface area contributed by atoms with Gasteiger partial charge in [-0.1, -0.05) is 24.3 Å². The van der Waals surface area contributed by atoms with Gasteiger partial charge in [-0.15, -0.1) is 0 Å². The predicted octanol–water partition coefficient (Wildman–Crippen LogP) is 2.97. The molecule has 0 atom stereocenters. The molecule has 0 spiro atoms. The maximum atomic E-state index is 10.7. The highest BCUT2D eigenvalue weighted by molar-refractivity contribution is 5.58. The summed E-state index contributed by atoms with van der Waals surface area (Å²) in [7, 11) is 0. The lowest BCUT2D eigenvalue weighted by Crippen LogP contribution is -2.03. The van der Waals surface area contributed by atoms with Crippen LogP contribution in [-0.4, -0.2) is 14.5 Å². The molecular formula is C17H16N4O2. The minimum absolute atomic E-state index is 0.0718. The molecule has 23 heavy (non-hydrogen) atoms. The molecule has 0 saturated carbocycles. The van der Waals surface area contributed by atoms with E-state index in [2.05, 4.69) is 11.1 Å². The summed E-state index contributed by atoms with van der Waals surface area (Å²) < 4.78 is 2.01. The number of hydrogen-bond donors (Lipinski definition) is 1. The summed E-state index contributed by atoms with van der Waals surface area (Å²) in [6.45, 7) is 1.17. The summed E-state index contributed by atoms with van der Waals surface area (Å²) in [4.78, 5) is 14.7. The normalized spacial score (nSPS) is 10.7. The van der Waals surface area contributed by atoms with Crippen molar-refractivity contribution in [2.75, 3.05) is 0 Å². The molecule has 0 aliphatic rings. The van der Waals surface area contributed by atoms with Crippen LogP contribution in [0.1, 0.15) is 11.1 Å². The van der Waals surface area contributed by atoms with Crippen LogP contribution in [-0.2, 0) is 13.1 Å². The summed E-state index contributed by atoms with van der Waals surface area (Å²) in [6.07, 6.45) is 3.62. The van der Waals surface area contributed by atoms with Crippen LogP contribution in [0.3, 0.4) is 0 Å². The number of aromatic nitrogens is 2. The van der Waals surface area contributed by atoms with E-state index in [4.69, 9.17) is 5.73 Å². The molecule has 3 aromatic rings. The number of nitrogens with two attached hydrogens (primary N) is 1. The fourth-order valence-electron chi connectivity index (χ4n) is 2.48. The quantitative estimate of drug-likeness (QED) is 0.580. The molecule has 0 aliphatic carbocycles. The van der Waals surface area contributed by atoms with Crippen LogP contribution >= 0.6 is 0 Å². The first-order valence-electron chi connectivity index (χ1n) is 7.21. The van der Waals surface area contributed by atoms with E-state index in [1.54, 1.807) is 18.3 Å². The number of imidazole rings is 1. The van der Waals surface area contributed by atoms with E-state index in [9.17, 15) is 10.1 Å². The Hall–Kier alpha value is -2.99. The van der Waals surface area contributed by atoms with E-state index in [0.29, 0.717) is 13.1 Å². The van der Waals surface area contributed by atoms with Crippen LogP contribution in [0.15, 0.2) is 60.9 Å². The Bertz CT molecular complexity index is 825. The highest BCUT2D eigenvalue weighted by Crippen LogP contribution is 2.22. The van der Waals surface area contributed by atoms with Crippen molar-refractivity contribution in [2.24, 2.45) is 5.73 Å². The molecule has 6 nitrogen and oxygen atoms in total. The molecule has 1 heterocycles. The Morgan fingerprint density at radius 2 is 1.87 bits per heavy atom. The molecule has 1 aromatic heterocycles. The van der Waals surface area contributed by atoms with Crippen molar-refractivity contribution in [2.45, 2.75) is 13.1 Å². The number of benzene rings is 2. The minimum atomic E-state index is -0.408. The van der Waals surface area contributed by atoms with Gasteiger partial charge in [0.05, 0.1) is 4.92 Å². The van der Waals surface area contributed by atoms with Crippen LogP contribution in [0.4, 0.5) is 5.69 Å². The topological polar surface area (TPSA) is 87.0 Å². The summed E-state index contributed by atoms with van der Waals surface area (Å²) in [5.41, 5.74) is 8.81. The van der Waals surface area contributed by atoms with Crippen molar-refractivity contribution in [3.8, 4) is 11.4 Å². The van der Waals surface area contributed by atoms with E-state index in [1.807, 2.05) is 29.0 Å². The van der Waals surface area contributed by atoms with Gasteiger partial charge in [-0.2, -0.15) is 0 Å². The highest BCUT2D eigenvalue weighted by atomic mass is 16.6. The van der Waals surface area contributed by atoms with Gasteiger partial charge in [0.15, 0.2) is 0 Å². The monoisotopic (exact) mass is 308 g/mol. The second kappa shape index (κ2) is 6.41. The second-order valence-electron chi connectivity index (χ2n) is 5.21. The average Bonchev–Trinajstić information content (AvgIpc) is 3.03. The Balaban J connectivity index is 1.88.